The summed E-state index contributed by atoms with van der Waals surface area (Å²) in [6.07, 6.45) is 1.36. The Kier molecular flexibility index (Phi) is 5.08. The van der Waals surface area contributed by atoms with Crippen molar-refractivity contribution in [3.05, 3.63) is 17.5 Å². The van der Waals surface area contributed by atoms with Gasteiger partial charge in [0.05, 0.1) is 17.9 Å². The van der Waals surface area contributed by atoms with Crippen LogP contribution in [0, 0.1) is 6.92 Å². The standard InChI is InChI=1S/C11H14N2O4S/c1-4-17-10(16)8-5-12-11(13-6(8)2)18-7(3)9(14)15/h5,7H,4H2,1-3H3,(H,14,15). The molecule has 7 heteroatoms. The highest BCUT2D eigenvalue weighted by molar-refractivity contribution is 8.00. The Morgan fingerprint density at radius 2 is 2.22 bits per heavy atom. The summed E-state index contributed by atoms with van der Waals surface area (Å²) in [4.78, 5) is 30.2. The molecule has 0 saturated carbocycles. The summed E-state index contributed by atoms with van der Waals surface area (Å²) >= 11 is 1.03. The van der Waals surface area contributed by atoms with E-state index in [0.717, 1.165) is 11.8 Å². The zero-order valence-electron chi connectivity index (χ0n) is 10.3. The predicted octanol–water partition coefficient (Wildman–Crippen LogP) is 1.53. The van der Waals surface area contributed by atoms with Crippen molar-refractivity contribution in [3.8, 4) is 0 Å². The van der Waals surface area contributed by atoms with Crippen LogP contribution in [0.3, 0.4) is 0 Å². The van der Waals surface area contributed by atoms with Crippen LogP contribution in [0.15, 0.2) is 11.4 Å². The molecule has 18 heavy (non-hydrogen) atoms. The third kappa shape index (κ3) is 3.69. The van der Waals surface area contributed by atoms with E-state index >= 15 is 0 Å². The van der Waals surface area contributed by atoms with Crippen molar-refractivity contribution in [2.24, 2.45) is 0 Å². The summed E-state index contributed by atoms with van der Waals surface area (Å²) in [5.41, 5.74) is 0.771. The maximum Gasteiger partial charge on any atom is 0.341 e. The fourth-order valence-corrected chi connectivity index (χ4v) is 1.84. The van der Waals surface area contributed by atoms with Crippen LogP contribution in [0.5, 0.6) is 0 Å². The first kappa shape index (κ1) is 14.4. The summed E-state index contributed by atoms with van der Waals surface area (Å²) in [6.45, 7) is 5.20. The summed E-state index contributed by atoms with van der Waals surface area (Å²) < 4.78 is 4.85. The van der Waals surface area contributed by atoms with E-state index in [1.807, 2.05) is 0 Å². The Morgan fingerprint density at radius 1 is 1.56 bits per heavy atom. The maximum atomic E-state index is 11.5. The van der Waals surface area contributed by atoms with Crippen molar-refractivity contribution < 1.29 is 19.4 Å². The molecule has 0 saturated heterocycles. The van der Waals surface area contributed by atoms with Gasteiger partial charge < -0.3 is 9.84 Å². The number of thioether (sulfide) groups is 1. The van der Waals surface area contributed by atoms with Crippen LogP contribution in [0.4, 0.5) is 0 Å². The van der Waals surface area contributed by atoms with Crippen LogP contribution in [0.1, 0.15) is 29.9 Å². The zero-order chi connectivity index (χ0) is 13.7. The number of carboxylic acid groups (broad SMARTS) is 1. The second-order valence-corrected chi connectivity index (χ2v) is 4.78. The summed E-state index contributed by atoms with van der Waals surface area (Å²) in [7, 11) is 0. The second-order valence-electron chi connectivity index (χ2n) is 3.47. The van der Waals surface area contributed by atoms with Gasteiger partial charge in [-0.25, -0.2) is 14.8 Å². The minimum Gasteiger partial charge on any atom is -0.480 e. The van der Waals surface area contributed by atoms with Crippen LogP contribution in [0.25, 0.3) is 0 Å². The fourth-order valence-electron chi connectivity index (χ4n) is 1.12. The number of aliphatic carboxylic acids is 1. The van der Waals surface area contributed by atoms with Crippen LogP contribution in [-0.4, -0.2) is 38.9 Å². The lowest BCUT2D eigenvalue weighted by molar-refractivity contribution is -0.136. The molecule has 1 aromatic rings. The van der Waals surface area contributed by atoms with E-state index in [-0.39, 0.29) is 6.61 Å². The molecule has 1 N–H and O–H groups in total. The SMILES string of the molecule is CCOC(=O)c1cnc(SC(C)C(=O)O)nc1C. The van der Waals surface area contributed by atoms with E-state index in [1.54, 1.807) is 20.8 Å². The van der Waals surface area contributed by atoms with Crippen LogP contribution in [0.2, 0.25) is 0 Å². The number of aromatic nitrogens is 2. The van der Waals surface area contributed by atoms with Crippen LogP contribution >= 0.6 is 11.8 Å². The van der Waals surface area contributed by atoms with Crippen molar-refractivity contribution >= 4 is 23.7 Å². The molecule has 0 bridgehead atoms. The largest absolute Gasteiger partial charge is 0.480 e. The molecule has 0 spiro atoms. The number of nitrogens with zero attached hydrogens (tertiary/aromatic N) is 2. The van der Waals surface area contributed by atoms with Gasteiger partial charge in [0.2, 0.25) is 0 Å². The number of hydrogen-bond donors (Lipinski definition) is 1. The number of carbonyl (C=O) groups is 2. The molecular weight excluding hydrogens is 256 g/mol. The number of rotatable bonds is 5. The van der Waals surface area contributed by atoms with Crippen LogP contribution in [-0.2, 0) is 9.53 Å². The molecule has 0 amide bonds. The first-order valence-electron chi connectivity index (χ1n) is 5.36. The van der Waals surface area contributed by atoms with Gasteiger partial charge in [0.1, 0.15) is 5.25 Å². The summed E-state index contributed by atoms with van der Waals surface area (Å²) in [5.74, 6) is -1.41. The first-order chi connectivity index (χ1) is 8.45. The Bertz CT molecular complexity index is 464. The highest BCUT2D eigenvalue weighted by atomic mass is 32.2. The topological polar surface area (TPSA) is 89.4 Å². The Morgan fingerprint density at radius 3 is 2.72 bits per heavy atom. The number of esters is 1. The molecule has 0 aliphatic rings. The molecule has 1 aromatic heterocycles. The van der Waals surface area contributed by atoms with Gasteiger partial charge in [-0.3, -0.25) is 4.79 Å². The molecule has 0 fully saturated rings. The van der Waals surface area contributed by atoms with Crippen LogP contribution < -0.4 is 0 Å². The third-order valence-electron chi connectivity index (χ3n) is 2.08. The monoisotopic (exact) mass is 270 g/mol. The molecule has 1 heterocycles. The van der Waals surface area contributed by atoms with Crippen molar-refractivity contribution in [1.82, 2.24) is 9.97 Å². The van der Waals surface area contributed by atoms with Crippen molar-refractivity contribution in [2.75, 3.05) is 6.61 Å². The molecule has 6 nitrogen and oxygen atoms in total. The van der Waals surface area contributed by atoms with Gasteiger partial charge in [-0.2, -0.15) is 0 Å². The summed E-state index contributed by atoms with van der Waals surface area (Å²) in [5, 5.41) is 8.46. The Labute approximate surface area is 109 Å². The lowest BCUT2D eigenvalue weighted by Crippen LogP contribution is -2.13. The highest BCUT2D eigenvalue weighted by Crippen LogP contribution is 2.20. The predicted molar refractivity (Wildman–Crippen MR) is 65.7 cm³/mol. The first-order valence-corrected chi connectivity index (χ1v) is 6.23. The maximum absolute atomic E-state index is 11.5. The molecule has 0 aliphatic carbocycles. The minimum absolute atomic E-state index is 0.283. The van der Waals surface area contributed by atoms with Gasteiger partial charge in [-0.1, -0.05) is 11.8 Å². The molecular formula is C11H14N2O4S. The van der Waals surface area contributed by atoms with E-state index in [0.29, 0.717) is 16.4 Å². The summed E-state index contributed by atoms with van der Waals surface area (Å²) in [6, 6.07) is 0. The zero-order valence-corrected chi connectivity index (χ0v) is 11.2. The molecule has 0 radical (unpaired) electrons. The average molecular weight is 270 g/mol. The van der Waals surface area contributed by atoms with Crippen molar-refractivity contribution in [2.45, 2.75) is 31.2 Å². The second kappa shape index (κ2) is 6.34. The van der Waals surface area contributed by atoms with Gasteiger partial charge in [-0.15, -0.1) is 0 Å². The van der Waals surface area contributed by atoms with Gasteiger partial charge >= 0.3 is 11.9 Å². The van der Waals surface area contributed by atoms with Gasteiger partial charge in [-0.05, 0) is 20.8 Å². The van der Waals surface area contributed by atoms with Crippen molar-refractivity contribution in [1.29, 1.82) is 0 Å². The Hall–Kier alpha value is -1.63. The molecule has 0 aromatic carbocycles. The normalized spacial score (nSPS) is 11.9. The molecule has 1 rings (SSSR count). The number of carboxylic acids is 1. The number of carbonyl (C=O) groups excluding carboxylic acids is 1. The van der Waals surface area contributed by atoms with Gasteiger partial charge in [0.25, 0.3) is 0 Å². The smallest absolute Gasteiger partial charge is 0.341 e. The lowest BCUT2D eigenvalue weighted by Gasteiger charge is -2.07. The van der Waals surface area contributed by atoms with E-state index in [9.17, 15) is 9.59 Å². The lowest BCUT2D eigenvalue weighted by atomic mass is 10.2. The molecule has 1 atom stereocenters. The third-order valence-corrected chi connectivity index (χ3v) is 3.05. The quantitative estimate of drug-likeness (QED) is 0.493. The number of aryl methyl sites for hydroxylation is 1. The Balaban J connectivity index is 2.85. The fraction of sp³-hybridized carbons (Fsp3) is 0.455. The van der Waals surface area contributed by atoms with E-state index in [4.69, 9.17) is 9.84 Å². The average Bonchev–Trinajstić information content (AvgIpc) is 2.29. The number of hydrogen-bond acceptors (Lipinski definition) is 6. The van der Waals surface area contributed by atoms with E-state index in [2.05, 4.69) is 9.97 Å². The van der Waals surface area contributed by atoms with Gasteiger partial charge in [0.15, 0.2) is 5.16 Å². The number of ether oxygens (including phenoxy) is 1. The highest BCUT2D eigenvalue weighted by Gasteiger charge is 2.17. The van der Waals surface area contributed by atoms with E-state index < -0.39 is 17.2 Å². The molecule has 1 unspecified atom stereocenters. The van der Waals surface area contributed by atoms with E-state index in [1.165, 1.54) is 6.20 Å². The minimum atomic E-state index is -0.935. The van der Waals surface area contributed by atoms with Crippen molar-refractivity contribution in [3.63, 3.8) is 0 Å². The molecule has 0 aliphatic heterocycles. The van der Waals surface area contributed by atoms with Gasteiger partial charge in [0, 0.05) is 6.20 Å². The molecule has 98 valence electrons.